The highest BCUT2D eigenvalue weighted by Gasteiger charge is 2.59. The first kappa shape index (κ1) is 58.4. The Morgan fingerprint density at radius 3 is 1.28 bits per heavy atom. The molecule has 0 amide bonds. The van der Waals surface area contributed by atoms with Crippen molar-refractivity contribution < 1.29 is 125 Å². The Balaban J connectivity index is 0.000000160. The van der Waals surface area contributed by atoms with Crippen molar-refractivity contribution in [3.63, 3.8) is 0 Å². The number of methoxy groups -OCH3 is 6. The van der Waals surface area contributed by atoms with Crippen LogP contribution in [0.25, 0.3) is 0 Å². The molecule has 26 nitrogen and oxygen atoms in total. The molecule has 4 aromatic rings. The molecule has 0 radical (unpaired) electrons. The SMILES string of the molecule is COc1cc([C@@H]2c3cc4c(cc3C(OC3OC5COC(C)OC5C(O)C3O)[C@H]3COC(=O)C23)OCO4)cc(OC)c1O.COc1cc([C@@H]2c3cc4c(cc3C(OC3OC5COC(C)OC5C(OC)C3OC)[C@H]3COC(=O)C23)OCO4)cc(OC)c1O. The van der Waals surface area contributed by atoms with Gasteiger partial charge < -0.3 is 115 Å². The van der Waals surface area contributed by atoms with Gasteiger partial charge >= 0.3 is 11.9 Å². The number of cyclic esters (lactones) is 2. The van der Waals surface area contributed by atoms with Gasteiger partial charge in [-0.15, -0.1) is 0 Å². The molecule has 8 aliphatic heterocycles. The van der Waals surface area contributed by atoms with Crippen molar-refractivity contribution in [1.29, 1.82) is 0 Å². The normalized spacial score (nSPS) is 35.9. The minimum Gasteiger partial charge on any atom is -0.502 e. The predicted molar refractivity (Wildman–Crippen MR) is 286 cm³/mol. The number of aliphatic hydroxyl groups excluding tert-OH is 2. The number of phenolic OH excluding ortho intramolecular Hbond substituents is 2. The maximum atomic E-state index is 13.5. The van der Waals surface area contributed by atoms with Crippen LogP contribution in [0.3, 0.4) is 0 Å². The summed E-state index contributed by atoms with van der Waals surface area (Å²) in [5, 5.41) is 43.1. The van der Waals surface area contributed by atoms with Gasteiger partial charge in [-0.2, -0.15) is 0 Å². The van der Waals surface area contributed by atoms with Crippen molar-refractivity contribution in [3.05, 3.63) is 81.9 Å². The number of carbonyl (C=O) groups excluding carboxylic acids is 2. The van der Waals surface area contributed by atoms with E-state index in [2.05, 4.69) is 0 Å². The molecule has 6 saturated heterocycles. The van der Waals surface area contributed by atoms with E-state index in [1.807, 2.05) is 19.1 Å². The summed E-state index contributed by atoms with van der Waals surface area (Å²) in [5.41, 5.74) is 4.27. The standard InChI is InChI=1S/C31H36O13.C29H32O13/c1-13-38-11-22-27(42-13)28(36-4)29(37-5)31(43-22)44-26-16-9-19-18(40-12-41-19)8-15(16)23(24-17(26)10-39-30(24)33)14-6-20(34-2)25(32)21(7-14)35-3;1-11-36-9-20-27(40-11)24(31)25(32)29(41-20)42-26-14-7-17-16(38-10-39-17)6-13(14)21(22-15(26)8-37-28(22)33)12-4-18(34-2)23(30)19(5-12)35-3/h6-9,13,17,22-24,26-29,31-32H,10-12H2,1-5H3;4-7,11,15,20-22,24-27,29-32H,8-10H2,1-3H3/t13?,17-,22?,23+,24?,26?,27?,28?,29?,31?;11?,15-,20?,21+,22?,24?,25?,26?,27?,29?/m00/s1. The van der Waals surface area contributed by atoms with Gasteiger partial charge in [-0.25, -0.2) is 0 Å². The fourth-order valence-corrected chi connectivity index (χ4v) is 14.0. The van der Waals surface area contributed by atoms with E-state index in [9.17, 15) is 30.0 Å². The summed E-state index contributed by atoms with van der Waals surface area (Å²) < 4.78 is 116. The molecule has 20 atom stereocenters. The molecule has 4 N–H and O–H groups in total. The van der Waals surface area contributed by atoms with Crippen molar-refractivity contribution in [2.45, 2.75) is 112 Å². The molecule has 0 aromatic heterocycles. The maximum Gasteiger partial charge on any atom is 0.310 e. The number of phenols is 2. The monoisotopic (exact) mass is 1200 g/mol. The summed E-state index contributed by atoms with van der Waals surface area (Å²) in [7, 11) is 8.94. The second-order valence-corrected chi connectivity index (χ2v) is 22.4. The smallest absolute Gasteiger partial charge is 0.310 e. The van der Waals surface area contributed by atoms with Crippen LogP contribution in [-0.2, 0) is 66.4 Å². The van der Waals surface area contributed by atoms with E-state index in [1.54, 1.807) is 57.5 Å². The van der Waals surface area contributed by atoms with E-state index in [-0.39, 0.29) is 73.9 Å². The van der Waals surface area contributed by atoms with Crippen LogP contribution in [-0.4, -0.2) is 189 Å². The van der Waals surface area contributed by atoms with Gasteiger partial charge in [0.25, 0.3) is 0 Å². The lowest BCUT2D eigenvalue weighted by atomic mass is 9.66. The third kappa shape index (κ3) is 9.90. The Morgan fingerprint density at radius 2 is 0.849 bits per heavy atom. The van der Waals surface area contributed by atoms with E-state index in [0.29, 0.717) is 51.9 Å². The van der Waals surface area contributed by atoms with Crippen molar-refractivity contribution in [3.8, 4) is 57.5 Å². The fraction of sp³-hybridized carbons (Fsp3) is 0.567. The molecular formula is C60H68O26. The summed E-state index contributed by atoms with van der Waals surface area (Å²) in [4.78, 5) is 26.9. The van der Waals surface area contributed by atoms with Crippen molar-refractivity contribution in [1.82, 2.24) is 0 Å². The van der Waals surface area contributed by atoms with Crippen molar-refractivity contribution >= 4 is 11.9 Å². The number of esters is 2. The first-order chi connectivity index (χ1) is 41.6. The molecule has 10 aliphatic rings. The predicted octanol–water partition coefficient (Wildman–Crippen LogP) is 3.99. The van der Waals surface area contributed by atoms with Gasteiger partial charge in [0.05, 0.1) is 78.9 Å². The lowest BCUT2D eigenvalue weighted by Crippen LogP contribution is -2.64. The Hall–Kier alpha value is -6.66. The summed E-state index contributed by atoms with van der Waals surface area (Å²) >= 11 is 0. The number of aromatic hydroxyl groups is 2. The molecule has 4 aromatic carbocycles. The molecule has 464 valence electrons. The summed E-state index contributed by atoms with van der Waals surface area (Å²) in [6, 6.07) is 14.1. The second kappa shape index (κ2) is 23.5. The summed E-state index contributed by atoms with van der Waals surface area (Å²) in [6.45, 7) is 4.24. The Bertz CT molecular complexity index is 3160. The number of fused-ring (bicyclic) bond motifs is 8. The van der Waals surface area contributed by atoms with Crippen LogP contribution < -0.4 is 37.9 Å². The highest BCUT2D eigenvalue weighted by atomic mass is 16.8. The van der Waals surface area contributed by atoms with E-state index in [1.165, 1.54) is 28.4 Å². The van der Waals surface area contributed by atoms with Gasteiger partial charge in [-0.3, -0.25) is 9.59 Å². The quantitative estimate of drug-likeness (QED) is 0.146. The van der Waals surface area contributed by atoms with Gasteiger partial charge in [0.1, 0.15) is 48.8 Å². The molecule has 0 saturated carbocycles. The average Bonchev–Trinajstić information content (AvgIpc) is 2.14. The first-order valence-electron chi connectivity index (χ1n) is 28.3. The lowest BCUT2D eigenvalue weighted by molar-refractivity contribution is -0.369. The van der Waals surface area contributed by atoms with Crippen LogP contribution in [0.2, 0.25) is 0 Å². The number of carbonyl (C=O) groups is 2. The van der Waals surface area contributed by atoms with Crippen molar-refractivity contribution in [2.75, 3.05) is 82.7 Å². The van der Waals surface area contributed by atoms with Gasteiger partial charge in [-0.1, -0.05) is 0 Å². The van der Waals surface area contributed by atoms with Crippen LogP contribution in [0.5, 0.6) is 57.5 Å². The van der Waals surface area contributed by atoms with E-state index >= 15 is 0 Å². The van der Waals surface area contributed by atoms with Gasteiger partial charge in [0.2, 0.25) is 25.1 Å². The zero-order chi connectivity index (χ0) is 60.0. The number of hydrogen-bond acceptors (Lipinski definition) is 26. The number of ether oxygens (including phenoxy) is 20. The maximum absolute atomic E-state index is 13.5. The number of benzene rings is 4. The molecule has 0 spiro atoms. The summed E-state index contributed by atoms with van der Waals surface area (Å²) in [5.74, 6) is -1.56. The molecular weight excluding hydrogens is 1140 g/mol. The highest BCUT2D eigenvalue weighted by Crippen LogP contribution is 2.59. The zero-order valence-electron chi connectivity index (χ0n) is 48.2. The Labute approximate surface area is 492 Å². The van der Waals surface area contributed by atoms with E-state index in [0.717, 1.165) is 11.1 Å². The fourth-order valence-electron chi connectivity index (χ4n) is 14.0. The summed E-state index contributed by atoms with van der Waals surface area (Å²) in [6.07, 6.45) is -10.8. The molecule has 14 rings (SSSR count). The molecule has 26 heteroatoms. The molecule has 16 unspecified atom stereocenters. The highest BCUT2D eigenvalue weighted by molar-refractivity contribution is 5.80. The van der Waals surface area contributed by atoms with E-state index < -0.39 is 128 Å². The van der Waals surface area contributed by atoms with Crippen LogP contribution in [0, 0.1) is 23.7 Å². The average molecular weight is 1210 g/mol. The molecule has 0 bridgehead atoms. The first-order valence-corrected chi connectivity index (χ1v) is 28.3. The van der Waals surface area contributed by atoms with Crippen LogP contribution in [0.1, 0.15) is 71.3 Å². The third-order valence-electron chi connectivity index (χ3n) is 18.0. The van der Waals surface area contributed by atoms with E-state index in [4.69, 9.17) is 94.7 Å². The molecule has 6 fully saturated rings. The van der Waals surface area contributed by atoms with Gasteiger partial charge in [-0.05, 0) is 95.8 Å². The van der Waals surface area contributed by atoms with Gasteiger partial charge in [0.15, 0.2) is 71.2 Å². The van der Waals surface area contributed by atoms with Crippen LogP contribution in [0.15, 0.2) is 48.5 Å². The second-order valence-electron chi connectivity index (χ2n) is 22.4. The topological polar surface area (TPSA) is 300 Å². The third-order valence-corrected chi connectivity index (χ3v) is 18.0. The lowest BCUT2D eigenvalue weighted by Gasteiger charge is -2.49. The number of aliphatic hydroxyl groups is 2. The Morgan fingerprint density at radius 1 is 0.453 bits per heavy atom. The number of hydrogen-bond donors (Lipinski definition) is 4. The Kier molecular flexibility index (Phi) is 15.9. The largest absolute Gasteiger partial charge is 0.502 e. The van der Waals surface area contributed by atoms with Gasteiger partial charge in [0, 0.05) is 37.9 Å². The molecule has 2 aliphatic carbocycles. The minimum absolute atomic E-state index is 0.0301. The number of rotatable bonds is 12. The molecule has 86 heavy (non-hydrogen) atoms. The minimum atomic E-state index is -1.44. The molecule has 8 heterocycles. The zero-order valence-corrected chi connectivity index (χ0v) is 48.2. The van der Waals surface area contributed by atoms with Crippen LogP contribution >= 0.6 is 0 Å². The van der Waals surface area contributed by atoms with Crippen molar-refractivity contribution in [2.24, 2.45) is 23.7 Å². The van der Waals surface area contributed by atoms with Crippen LogP contribution in [0.4, 0.5) is 0 Å².